The molecule has 0 saturated carbocycles. The number of hydrogen-bond donors (Lipinski definition) is 0. The molecule has 4 rings (SSSR count). The van der Waals surface area contributed by atoms with E-state index in [0.717, 1.165) is 0 Å². The summed E-state index contributed by atoms with van der Waals surface area (Å²) in [6.07, 6.45) is 2.96. The first-order valence-electron chi connectivity index (χ1n) is 9.79. The number of anilines is 2. The summed E-state index contributed by atoms with van der Waals surface area (Å²) in [6.45, 7) is 0. The molecule has 6 nitrogen and oxygen atoms in total. The molecule has 0 spiro atoms. The number of rotatable bonds is 5. The first kappa shape index (κ1) is 21.0. The van der Waals surface area contributed by atoms with Crippen molar-refractivity contribution in [2.75, 3.05) is 9.80 Å². The van der Waals surface area contributed by atoms with E-state index in [4.69, 9.17) is 0 Å². The van der Waals surface area contributed by atoms with Crippen LogP contribution in [0.2, 0.25) is 0 Å². The molecule has 154 valence electrons. The second-order valence-electron chi connectivity index (χ2n) is 7.11. The monoisotopic (exact) mass is 536 g/mol. The fraction of sp³-hybridized carbons (Fsp3) is 0.273. The standard InChI is InChI=1S/C22H20N2O4Se2/c25-19-3-1-4-20(26)23(19)15-7-11-17(12-8-15)29-30-18-13-9-16(10-14-18)24-21(27)5-2-6-22(24)28/h7-14H,1-6H2. The third kappa shape index (κ3) is 4.57. The molecule has 2 aliphatic heterocycles. The van der Waals surface area contributed by atoms with Gasteiger partial charge in [-0.25, -0.2) is 0 Å². The van der Waals surface area contributed by atoms with E-state index in [1.807, 2.05) is 48.5 Å². The Kier molecular flexibility index (Phi) is 6.49. The minimum absolute atomic E-state index is 0.125. The van der Waals surface area contributed by atoms with Crippen LogP contribution in [0, 0.1) is 0 Å². The van der Waals surface area contributed by atoms with Crippen LogP contribution in [0.15, 0.2) is 48.5 Å². The van der Waals surface area contributed by atoms with E-state index in [9.17, 15) is 19.2 Å². The summed E-state index contributed by atoms with van der Waals surface area (Å²) >= 11 is 0.499. The van der Waals surface area contributed by atoms with Gasteiger partial charge in [-0.2, -0.15) is 0 Å². The van der Waals surface area contributed by atoms with E-state index in [1.54, 1.807) is 0 Å². The average Bonchev–Trinajstić information content (AvgIpc) is 2.74. The van der Waals surface area contributed by atoms with Gasteiger partial charge in [0, 0.05) is 0 Å². The second kappa shape index (κ2) is 9.27. The number of piperidine rings is 2. The number of amides is 4. The number of carbonyl (C=O) groups is 4. The average molecular weight is 534 g/mol. The van der Waals surface area contributed by atoms with Crippen LogP contribution in [0.3, 0.4) is 0 Å². The van der Waals surface area contributed by atoms with Crippen molar-refractivity contribution in [1.29, 1.82) is 0 Å². The second-order valence-corrected chi connectivity index (χ2v) is 13.4. The molecule has 2 saturated heterocycles. The van der Waals surface area contributed by atoms with Gasteiger partial charge in [0.15, 0.2) is 0 Å². The van der Waals surface area contributed by atoms with Crippen molar-refractivity contribution < 1.29 is 19.2 Å². The van der Waals surface area contributed by atoms with Gasteiger partial charge in [0.05, 0.1) is 0 Å². The molecular formula is C22H20N2O4Se2. The van der Waals surface area contributed by atoms with Crippen molar-refractivity contribution in [3.63, 3.8) is 0 Å². The van der Waals surface area contributed by atoms with Crippen LogP contribution in [-0.2, 0) is 19.2 Å². The summed E-state index contributed by atoms with van der Waals surface area (Å²) in [4.78, 5) is 50.8. The van der Waals surface area contributed by atoms with E-state index >= 15 is 0 Å². The SMILES string of the molecule is O=C1CCCC(=O)N1c1ccc([Se][Se]c2ccc(N3C(=O)CCCC3=O)cc2)cc1. The van der Waals surface area contributed by atoms with Gasteiger partial charge in [-0.3, -0.25) is 0 Å². The molecule has 0 atom stereocenters. The molecule has 0 radical (unpaired) electrons. The molecule has 2 heterocycles. The van der Waals surface area contributed by atoms with Gasteiger partial charge in [0.2, 0.25) is 0 Å². The van der Waals surface area contributed by atoms with Crippen molar-refractivity contribution in [2.45, 2.75) is 38.5 Å². The van der Waals surface area contributed by atoms with Crippen molar-refractivity contribution in [3.05, 3.63) is 48.5 Å². The number of carbonyl (C=O) groups excluding carboxylic acids is 4. The van der Waals surface area contributed by atoms with Gasteiger partial charge in [-0.1, -0.05) is 0 Å². The molecular weight excluding hydrogens is 514 g/mol. The van der Waals surface area contributed by atoms with Gasteiger partial charge in [0.25, 0.3) is 0 Å². The molecule has 2 fully saturated rings. The number of imide groups is 2. The van der Waals surface area contributed by atoms with E-state index < -0.39 is 0 Å². The summed E-state index contributed by atoms with van der Waals surface area (Å²) in [5.74, 6) is -0.502. The van der Waals surface area contributed by atoms with Crippen LogP contribution >= 0.6 is 0 Å². The summed E-state index contributed by atoms with van der Waals surface area (Å²) < 4.78 is 2.40. The predicted molar refractivity (Wildman–Crippen MR) is 116 cm³/mol. The molecule has 2 aliphatic rings. The van der Waals surface area contributed by atoms with Gasteiger partial charge in [-0.05, 0) is 0 Å². The molecule has 0 N–H and O–H groups in total. The van der Waals surface area contributed by atoms with Gasteiger partial charge >= 0.3 is 186 Å². The van der Waals surface area contributed by atoms with Crippen LogP contribution in [0.5, 0.6) is 0 Å². The molecule has 2 aromatic rings. The Morgan fingerprint density at radius 1 is 0.500 bits per heavy atom. The number of hydrogen-bond acceptors (Lipinski definition) is 4. The van der Waals surface area contributed by atoms with Crippen LogP contribution < -0.4 is 18.7 Å². The molecule has 0 aliphatic carbocycles. The third-order valence-electron chi connectivity index (χ3n) is 4.98. The zero-order valence-electron chi connectivity index (χ0n) is 16.2. The van der Waals surface area contributed by atoms with Gasteiger partial charge < -0.3 is 0 Å². The van der Waals surface area contributed by atoms with Crippen molar-refractivity contribution in [3.8, 4) is 0 Å². The maximum absolute atomic E-state index is 12.0. The Labute approximate surface area is 185 Å². The Balaban J connectivity index is 1.38. The first-order valence-corrected chi connectivity index (χ1v) is 15.8. The maximum atomic E-state index is 12.0. The molecule has 0 unspecified atom stereocenters. The zero-order chi connectivity index (χ0) is 21.1. The van der Waals surface area contributed by atoms with E-state index in [0.29, 0.717) is 49.9 Å². The molecule has 2 aromatic carbocycles. The molecule has 30 heavy (non-hydrogen) atoms. The van der Waals surface area contributed by atoms with E-state index in [2.05, 4.69) is 0 Å². The predicted octanol–water partition coefficient (Wildman–Crippen LogP) is 1.05. The minimum atomic E-state index is -0.125. The Morgan fingerprint density at radius 3 is 1.10 bits per heavy atom. The Bertz CT molecular complexity index is 876. The fourth-order valence-corrected chi connectivity index (χ4v) is 9.44. The summed E-state index contributed by atoms with van der Waals surface area (Å²) in [5.41, 5.74) is 1.30. The van der Waals surface area contributed by atoms with Crippen molar-refractivity contribution in [1.82, 2.24) is 0 Å². The van der Waals surface area contributed by atoms with Crippen LogP contribution in [0.1, 0.15) is 38.5 Å². The number of benzene rings is 2. The molecule has 4 amide bonds. The van der Waals surface area contributed by atoms with E-state index in [-0.39, 0.29) is 49.9 Å². The van der Waals surface area contributed by atoms with Crippen molar-refractivity contribution in [2.24, 2.45) is 0 Å². The quantitative estimate of drug-likeness (QED) is 0.425. The van der Waals surface area contributed by atoms with Crippen LogP contribution in [0.25, 0.3) is 0 Å². The topological polar surface area (TPSA) is 74.8 Å². The van der Waals surface area contributed by atoms with Gasteiger partial charge in [0.1, 0.15) is 0 Å². The summed E-state index contributed by atoms with van der Waals surface area (Å²) in [5, 5.41) is 0. The zero-order valence-corrected chi connectivity index (χ0v) is 19.6. The normalized spacial score (nSPS) is 17.6. The molecule has 0 aromatic heterocycles. The third-order valence-corrected chi connectivity index (χ3v) is 12.2. The van der Waals surface area contributed by atoms with Gasteiger partial charge in [-0.15, -0.1) is 0 Å². The molecule has 0 bridgehead atoms. The Hall–Kier alpha value is -2.24. The summed E-state index contributed by atoms with van der Waals surface area (Å²) in [6, 6.07) is 15.4. The Morgan fingerprint density at radius 2 is 0.800 bits per heavy atom. The van der Waals surface area contributed by atoms with Crippen LogP contribution in [0.4, 0.5) is 11.4 Å². The van der Waals surface area contributed by atoms with E-state index in [1.165, 1.54) is 18.7 Å². The first-order chi connectivity index (χ1) is 14.5. The summed E-state index contributed by atoms with van der Waals surface area (Å²) in [7, 11) is 0. The molecule has 8 heteroatoms. The van der Waals surface area contributed by atoms with Crippen LogP contribution in [-0.4, -0.2) is 49.9 Å². The number of nitrogens with zero attached hydrogens (tertiary/aromatic N) is 2. The van der Waals surface area contributed by atoms with Crippen molar-refractivity contribution >= 4 is 70.2 Å². The fourth-order valence-electron chi connectivity index (χ4n) is 3.48.